The highest BCUT2D eigenvalue weighted by Crippen LogP contribution is 2.56. The Morgan fingerprint density at radius 3 is 1.92 bits per heavy atom. The largest absolute Gasteiger partial charge is 0.308 e. The predicted octanol–water partition coefficient (Wildman–Crippen LogP) is 7.56. The second-order valence-electron chi connectivity index (χ2n) is 9.67. The van der Waals surface area contributed by atoms with Crippen molar-refractivity contribution in [1.82, 2.24) is 4.57 Å². The van der Waals surface area contributed by atoms with E-state index in [4.69, 9.17) is 0 Å². The van der Waals surface area contributed by atoms with Crippen LogP contribution in [0.1, 0.15) is 0 Å². The molecule has 0 saturated carbocycles. The molecule has 1 atom stereocenters. The molecule has 8 rings (SSSR count). The Morgan fingerprint density at radius 1 is 0.486 bits per heavy atom. The third-order valence-corrected chi connectivity index (χ3v) is 11.0. The van der Waals surface area contributed by atoms with Crippen LogP contribution in [0.5, 0.6) is 0 Å². The zero-order chi connectivity index (χ0) is 24.6. The highest BCUT2D eigenvalue weighted by Gasteiger charge is 2.44. The Kier molecular flexibility index (Phi) is 4.24. The van der Waals surface area contributed by atoms with Gasteiger partial charge in [0.25, 0.3) is 0 Å². The first-order valence-corrected chi connectivity index (χ1v) is 14.3. The summed E-state index contributed by atoms with van der Waals surface area (Å²) in [5, 5.41) is 7.27. The van der Waals surface area contributed by atoms with Gasteiger partial charge >= 0.3 is 0 Å². The molecule has 0 radical (unpaired) electrons. The van der Waals surface area contributed by atoms with Crippen molar-refractivity contribution < 1.29 is 4.57 Å². The fraction of sp³-hybridized carbons (Fsp3) is 0. The van der Waals surface area contributed by atoms with Crippen LogP contribution in [0.2, 0.25) is 0 Å². The first-order valence-electron chi connectivity index (χ1n) is 12.6. The molecule has 1 aromatic heterocycles. The van der Waals surface area contributed by atoms with Crippen molar-refractivity contribution in [2.45, 2.75) is 0 Å². The number of aromatic nitrogens is 1. The van der Waals surface area contributed by atoms with Crippen LogP contribution in [0, 0.1) is 0 Å². The molecule has 2 heterocycles. The minimum absolute atomic E-state index is 0.878. The monoisotopic (exact) mass is 491 g/mol. The van der Waals surface area contributed by atoms with Crippen molar-refractivity contribution in [2.75, 3.05) is 0 Å². The van der Waals surface area contributed by atoms with Crippen molar-refractivity contribution in [2.24, 2.45) is 0 Å². The minimum atomic E-state index is -3.22. The summed E-state index contributed by atoms with van der Waals surface area (Å²) in [4.78, 5) is 0. The van der Waals surface area contributed by atoms with Crippen LogP contribution in [0.25, 0.3) is 49.4 Å². The predicted molar refractivity (Wildman–Crippen MR) is 157 cm³/mol. The second-order valence-corrected chi connectivity index (χ2v) is 12.3. The third kappa shape index (κ3) is 2.68. The number of para-hydroxylation sites is 2. The van der Waals surface area contributed by atoms with E-state index >= 15 is 4.57 Å². The molecule has 6 aromatic carbocycles. The van der Waals surface area contributed by atoms with E-state index in [2.05, 4.69) is 102 Å². The summed E-state index contributed by atoms with van der Waals surface area (Å²) in [6, 6.07) is 46.1. The number of fused-ring (bicyclic) bond motifs is 9. The van der Waals surface area contributed by atoms with Crippen LogP contribution in [-0.4, -0.2) is 4.57 Å². The lowest BCUT2D eigenvalue weighted by atomic mass is 10.00. The molecule has 1 aliphatic heterocycles. The molecule has 7 aromatic rings. The molecular formula is C34H22NOP. The molecule has 0 saturated heterocycles. The topological polar surface area (TPSA) is 22.0 Å². The zero-order valence-electron chi connectivity index (χ0n) is 20.0. The Bertz CT molecular complexity index is 2060. The van der Waals surface area contributed by atoms with Gasteiger partial charge in [0, 0.05) is 27.1 Å². The van der Waals surface area contributed by atoms with E-state index in [-0.39, 0.29) is 0 Å². The Morgan fingerprint density at radius 2 is 1.11 bits per heavy atom. The van der Waals surface area contributed by atoms with E-state index in [9.17, 15) is 0 Å². The Labute approximate surface area is 214 Å². The van der Waals surface area contributed by atoms with Gasteiger partial charge in [-0.2, -0.15) is 0 Å². The summed E-state index contributed by atoms with van der Waals surface area (Å²) >= 11 is 0. The highest BCUT2D eigenvalue weighted by atomic mass is 31.2. The van der Waals surface area contributed by atoms with Crippen LogP contribution in [0.15, 0.2) is 133 Å². The van der Waals surface area contributed by atoms with Crippen LogP contribution in [0.3, 0.4) is 0 Å². The molecule has 1 aliphatic rings. The van der Waals surface area contributed by atoms with Crippen LogP contribution >= 0.6 is 7.14 Å². The van der Waals surface area contributed by atoms with Crippen molar-refractivity contribution in [3.8, 4) is 16.8 Å². The highest BCUT2D eigenvalue weighted by molar-refractivity contribution is 7.87. The fourth-order valence-corrected chi connectivity index (χ4v) is 9.70. The van der Waals surface area contributed by atoms with Crippen molar-refractivity contribution >= 4 is 55.6 Å². The summed E-state index contributed by atoms with van der Waals surface area (Å²) in [7, 11) is -3.22. The lowest BCUT2D eigenvalue weighted by Crippen LogP contribution is -2.23. The molecule has 2 nitrogen and oxygen atoms in total. The van der Waals surface area contributed by atoms with Gasteiger partial charge in [0.1, 0.15) is 0 Å². The maximum atomic E-state index is 15.9. The lowest BCUT2D eigenvalue weighted by Gasteiger charge is -2.19. The number of hydrogen-bond acceptors (Lipinski definition) is 1. The SMILES string of the molecule is O=P1(c2ccccc2)c2c(ccc3ccccc23)-c2ccc3c4ccccc4n(-c4ccccc4)c3c21. The second kappa shape index (κ2) is 7.56. The number of nitrogens with zero attached hydrogens (tertiary/aromatic N) is 1. The first-order chi connectivity index (χ1) is 18.3. The van der Waals surface area contributed by atoms with Gasteiger partial charge < -0.3 is 9.13 Å². The Balaban J connectivity index is 1.64. The molecular weight excluding hydrogens is 469 g/mol. The van der Waals surface area contributed by atoms with Crippen LogP contribution < -0.4 is 15.9 Å². The Hall–Kier alpha value is -4.39. The van der Waals surface area contributed by atoms with E-state index in [1.54, 1.807) is 0 Å². The van der Waals surface area contributed by atoms with Gasteiger partial charge in [0.2, 0.25) is 0 Å². The number of rotatable bonds is 2. The molecule has 174 valence electrons. The summed E-state index contributed by atoms with van der Waals surface area (Å²) in [6.45, 7) is 0. The average molecular weight is 492 g/mol. The lowest BCUT2D eigenvalue weighted by molar-refractivity contribution is 0.593. The standard InChI is InChI=1S/C34H22NOP/c36-37(25-14-5-2-6-15-25)33-26-16-8-7-11-23(26)19-20-29(33)30-22-21-28-27-17-9-10-18-31(27)35(32(28)34(30)37)24-12-3-1-4-13-24/h1-22H. The summed E-state index contributed by atoms with van der Waals surface area (Å²) in [6.07, 6.45) is 0. The normalized spacial score (nSPS) is 16.3. The van der Waals surface area contributed by atoms with Gasteiger partial charge in [0.05, 0.1) is 16.3 Å². The first kappa shape index (κ1) is 20.8. The number of hydrogen-bond donors (Lipinski definition) is 0. The zero-order valence-corrected chi connectivity index (χ0v) is 20.9. The molecule has 0 spiro atoms. The van der Waals surface area contributed by atoms with E-state index in [1.807, 2.05) is 36.4 Å². The van der Waals surface area contributed by atoms with Gasteiger partial charge in [-0.3, -0.25) is 0 Å². The van der Waals surface area contributed by atoms with Gasteiger partial charge in [0.15, 0.2) is 7.14 Å². The van der Waals surface area contributed by atoms with Gasteiger partial charge in [-0.25, -0.2) is 0 Å². The summed E-state index contributed by atoms with van der Waals surface area (Å²) in [5.74, 6) is 0. The van der Waals surface area contributed by atoms with E-state index in [0.717, 1.165) is 59.9 Å². The van der Waals surface area contributed by atoms with Gasteiger partial charge in [-0.05, 0) is 40.1 Å². The van der Waals surface area contributed by atoms with Gasteiger partial charge in [-0.15, -0.1) is 0 Å². The van der Waals surface area contributed by atoms with Crippen LogP contribution in [-0.2, 0) is 4.57 Å². The molecule has 0 aliphatic carbocycles. The fourth-order valence-electron chi connectivity index (χ4n) is 6.24. The molecule has 3 heteroatoms. The smallest absolute Gasteiger partial charge is 0.174 e. The maximum absolute atomic E-state index is 15.9. The molecule has 0 amide bonds. The van der Waals surface area contributed by atoms with Crippen molar-refractivity contribution in [1.29, 1.82) is 0 Å². The van der Waals surface area contributed by atoms with E-state index in [1.165, 1.54) is 5.39 Å². The molecule has 0 bridgehead atoms. The minimum Gasteiger partial charge on any atom is -0.308 e. The summed E-state index contributed by atoms with van der Waals surface area (Å²) in [5.41, 5.74) is 5.38. The molecule has 1 unspecified atom stereocenters. The molecule has 0 fully saturated rings. The molecule has 0 N–H and O–H groups in total. The molecule has 37 heavy (non-hydrogen) atoms. The van der Waals surface area contributed by atoms with E-state index in [0.29, 0.717) is 0 Å². The average Bonchev–Trinajstić information content (AvgIpc) is 3.44. The maximum Gasteiger partial charge on any atom is 0.174 e. The third-order valence-electron chi connectivity index (χ3n) is 7.76. The van der Waals surface area contributed by atoms with Gasteiger partial charge in [-0.1, -0.05) is 115 Å². The van der Waals surface area contributed by atoms with E-state index < -0.39 is 7.14 Å². The quantitative estimate of drug-likeness (QED) is 0.229. The summed E-state index contributed by atoms with van der Waals surface area (Å²) < 4.78 is 18.2. The van der Waals surface area contributed by atoms with Crippen molar-refractivity contribution in [3.63, 3.8) is 0 Å². The van der Waals surface area contributed by atoms with Crippen LogP contribution in [0.4, 0.5) is 0 Å². The van der Waals surface area contributed by atoms with Crippen molar-refractivity contribution in [3.05, 3.63) is 133 Å². The number of benzene rings is 6.